The second kappa shape index (κ2) is 73.4. The van der Waals surface area contributed by atoms with Crippen molar-refractivity contribution in [2.75, 3.05) is 45.9 Å². The lowest BCUT2D eigenvalue weighted by molar-refractivity contribution is 0.150. The first kappa shape index (κ1) is 87.8. The Balaban J connectivity index is 2.35. The van der Waals surface area contributed by atoms with Gasteiger partial charge in [-0.25, -0.2) is 0 Å². The number of piperidine rings is 1. The van der Waals surface area contributed by atoms with Gasteiger partial charge in [-0.2, -0.15) is 0 Å². The fourth-order valence-electron chi connectivity index (χ4n) is 14.8. The summed E-state index contributed by atoms with van der Waals surface area (Å²) >= 11 is 0. The van der Waals surface area contributed by atoms with Crippen molar-refractivity contribution in [3.8, 4) is 0 Å². The molecule has 0 saturated carbocycles. The Bertz CT molecular complexity index is 1740. The minimum absolute atomic E-state index is 0.605. The van der Waals surface area contributed by atoms with E-state index in [4.69, 9.17) is 0 Å². The normalized spacial score (nSPS) is 16.7. The Kier molecular flexibility index (Phi) is 68.6. The van der Waals surface area contributed by atoms with Crippen LogP contribution in [-0.2, 0) is 0 Å². The summed E-state index contributed by atoms with van der Waals surface area (Å²) in [6.07, 6.45) is 115. The van der Waals surface area contributed by atoms with Gasteiger partial charge in [-0.3, -0.25) is 0 Å². The van der Waals surface area contributed by atoms with E-state index in [-0.39, 0.29) is 0 Å². The van der Waals surface area contributed by atoms with Gasteiger partial charge in [0.05, 0.1) is 0 Å². The van der Waals surface area contributed by atoms with Crippen LogP contribution >= 0.6 is 0 Å². The van der Waals surface area contributed by atoms with Crippen LogP contribution in [0.2, 0.25) is 0 Å². The highest BCUT2D eigenvalue weighted by molar-refractivity contribution is 4.96. The van der Waals surface area contributed by atoms with Gasteiger partial charge >= 0.3 is 0 Å². The van der Waals surface area contributed by atoms with Gasteiger partial charge in [0, 0.05) is 31.3 Å². The predicted octanol–water partition coefficient (Wildman–Crippen LogP) is 26.7. The molecule has 5 heteroatoms. The lowest BCUT2D eigenvalue weighted by Gasteiger charge is -2.40. The summed E-state index contributed by atoms with van der Waals surface area (Å²) in [5, 5.41) is 16.4. The molecule has 0 aromatic rings. The van der Waals surface area contributed by atoms with E-state index in [0.29, 0.717) is 18.1 Å². The van der Waals surface area contributed by atoms with Gasteiger partial charge in [-0.15, -0.1) is 0 Å². The molecule has 2 saturated heterocycles. The first-order chi connectivity index (χ1) is 46.7. The molecule has 546 valence electrons. The molecule has 0 aromatic carbocycles. The van der Waals surface area contributed by atoms with Crippen molar-refractivity contribution < 1.29 is 0 Å². The van der Waals surface area contributed by atoms with Crippen molar-refractivity contribution in [3.05, 3.63) is 97.2 Å². The molecule has 5 nitrogen and oxygen atoms in total. The van der Waals surface area contributed by atoms with E-state index in [2.05, 4.69) is 151 Å². The molecule has 2 aliphatic rings. The molecule has 0 spiro atoms. The molecule has 2 fully saturated rings. The van der Waals surface area contributed by atoms with Crippen molar-refractivity contribution in [1.82, 2.24) is 26.2 Å². The zero-order valence-corrected chi connectivity index (χ0v) is 63.8. The van der Waals surface area contributed by atoms with Gasteiger partial charge in [-0.05, 0) is 237 Å². The Morgan fingerprint density at radius 1 is 0.319 bits per heavy atom. The van der Waals surface area contributed by atoms with E-state index >= 15 is 0 Å². The van der Waals surface area contributed by atoms with Crippen LogP contribution < -0.4 is 21.3 Å². The summed E-state index contributed by atoms with van der Waals surface area (Å²) < 4.78 is 0. The van der Waals surface area contributed by atoms with E-state index in [1.807, 2.05) is 0 Å². The topological polar surface area (TPSA) is 51.4 Å². The van der Waals surface area contributed by atoms with Crippen molar-refractivity contribution >= 4 is 0 Å². The Hall–Kier alpha value is -2.28. The molecule has 5 atom stereocenters. The quantitative estimate of drug-likeness (QED) is 0.0361. The summed E-state index contributed by atoms with van der Waals surface area (Å²) in [5.41, 5.74) is 0. The largest absolute Gasteiger partial charge is 0.314 e. The van der Waals surface area contributed by atoms with Crippen molar-refractivity contribution in [1.29, 1.82) is 0 Å². The highest BCUT2D eigenvalue weighted by Gasteiger charge is 2.34. The minimum Gasteiger partial charge on any atom is -0.314 e. The summed E-state index contributed by atoms with van der Waals surface area (Å²) in [7, 11) is 0. The monoisotopic (exact) mass is 1300 g/mol. The smallest absolute Gasteiger partial charge is 0.0457 e. The fourth-order valence-corrected chi connectivity index (χ4v) is 14.8. The molecule has 0 bridgehead atoms. The molecule has 2 aliphatic heterocycles. The van der Waals surface area contributed by atoms with Crippen LogP contribution in [0.3, 0.4) is 0 Å². The number of unbranched alkanes of at least 4 members (excludes halogenated alkanes) is 35. The maximum atomic E-state index is 4.52. The molecular weight excluding hydrogens is 1140 g/mol. The van der Waals surface area contributed by atoms with Gasteiger partial charge in [0.2, 0.25) is 0 Å². The molecule has 4 N–H and O–H groups in total. The van der Waals surface area contributed by atoms with Crippen LogP contribution in [-0.4, -0.2) is 69.0 Å². The average Bonchev–Trinajstić information content (AvgIpc) is 0.972. The number of likely N-dealkylation sites (tertiary alicyclic amines) is 1. The standard InChI is InChI=1S/C89H165N5/c1-5-9-13-17-21-25-29-33-37-41-45-49-53-57-61-66-76-88(91-78-68-71-82-94-80-69-63-70-81-94)86(74-64-59-55-51-47-43-39-35-31-27-23-19-15-11-7-3)87(75-65-60-56-52-48-44-40-36-32-28-24-20-16-12-8-4)89(92-79-72-73-85-83-90-84-93-85)77-67-62-58-54-50-46-42-38-34-30-26-22-18-14-10-6-2/h21-28,33-40,85-93H,5-20,29-32,41-84H2,1-4H3/b25-21-,26-22-,27-23-,28-24-,37-33-,38-34-,39-35-,40-36-. The van der Waals surface area contributed by atoms with E-state index in [9.17, 15) is 0 Å². The van der Waals surface area contributed by atoms with Gasteiger partial charge in [0.1, 0.15) is 0 Å². The van der Waals surface area contributed by atoms with Crippen LogP contribution in [0.25, 0.3) is 0 Å². The fraction of sp³-hybridized carbons (Fsp3) is 0.820. The highest BCUT2D eigenvalue weighted by Crippen LogP contribution is 2.35. The third kappa shape index (κ3) is 58.7. The first-order valence-corrected chi connectivity index (χ1v) is 42.6. The number of rotatable bonds is 72. The Morgan fingerprint density at radius 3 is 0.957 bits per heavy atom. The van der Waals surface area contributed by atoms with Gasteiger partial charge in [-0.1, -0.05) is 298 Å². The SMILES string of the molecule is CCCCC/C=C\C/C=C\CCCCCCCCC(NCCCCN1CCCCC1)C(CCCCCCC/C=C\C/C=C\CCCCC)C(CCCCCCC/C=C\C/C=C\CCCCC)C(CCCCCCCC/C=C\C/C=C\CCCCC)NCCCC1CNCN1. The summed E-state index contributed by atoms with van der Waals surface area (Å²) in [6.45, 7) is 17.6. The molecule has 2 heterocycles. The van der Waals surface area contributed by atoms with Gasteiger partial charge < -0.3 is 26.2 Å². The number of allylic oxidation sites excluding steroid dienone is 16. The first-order valence-electron chi connectivity index (χ1n) is 42.6. The van der Waals surface area contributed by atoms with E-state index in [0.717, 1.165) is 50.7 Å². The maximum absolute atomic E-state index is 4.52. The molecule has 94 heavy (non-hydrogen) atoms. The molecule has 0 aliphatic carbocycles. The van der Waals surface area contributed by atoms with E-state index in [1.54, 1.807) is 0 Å². The lowest BCUT2D eigenvalue weighted by atomic mass is 9.72. The average molecular weight is 1310 g/mol. The zero-order valence-electron chi connectivity index (χ0n) is 63.8. The Morgan fingerprint density at radius 2 is 0.628 bits per heavy atom. The van der Waals surface area contributed by atoms with Crippen LogP contribution in [0.1, 0.15) is 394 Å². The summed E-state index contributed by atoms with van der Waals surface area (Å²) in [5.74, 6) is 1.45. The summed E-state index contributed by atoms with van der Waals surface area (Å²) in [4.78, 5) is 2.78. The van der Waals surface area contributed by atoms with Crippen LogP contribution in [0.15, 0.2) is 97.2 Å². The van der Waals surface area contributed by atoms with E-state index < -0.39 is 0 Å². The Labute approximate surface area is 589 Å². The van der Waals surface area contributed by atoms with E-state index in [1.165, 1.54) is 373 Å². The molecular formula is C89H165N5. The van der Waals surface area contributed by atoms with Gasteiger partial charge in [0.25, 0.3) is 0 Å². The van der Waals surface area contributed by atoms with Crippen LogP contribution in [0.4, 0.5) is 0 Å². The molecule has 0 aromatic heterocycles. The third-order valence-electron chi connectivity index (χ3n) is 20.8. The van der Waals surface area contributed by atoms with Crippen molar-refractivity contribution in [2.24, 2.45) is 11.8 Å². The van der Waals surface area contributed by atoms with Crippen LogP contribution in [0.5, 0.6) is 0 Å². The zero-order chi connectivity index (χ0) is 66.9. The lowest BCUT2D eigenvalue weighted by Crippen LogP contribution is -2.48. The number of nitrogens with one attached hydrogen (secondary N) is 4. The maximum Gasteiger partial charge on any atom is 0.0457 e. The second-order valence-electron chi connectivity index (χ2n) is 29.5. The molecule has 5 unspecified atom stereocenters. The molecule has 2 rings (SSSR count). The molecule has 0 radical (unpaired) electrons. The minimum atomic E-state index is 0.605. The van der Waals surface area contributed by atoms with Crippen molar-refractivity contribution in [3.63, 3.8) is 0 Å². The predicted molar refractivity (Wildman–Crippen MR) is 426 cm³/mol. The van der Waals surface area contributed by atoms with Gasteiger partial charge in [0.15, 0.2) is 0 Å². The van der Waals surface area contributed by atoms with Crippen molar-refractivity contribution in [2.45, 2.75) is 412 Å². The number of nitrogens with zero attached hydrogens (tertiary/aromatic N) is 1. The number of hydrogen-bond donors (Lipinski definition) is 4. The van der Waals surface area contributed by atoms with Crippen LogP contribution in [0, 0.1) is 11.8 Å². The summed E-state index contributed by atoms with van der Waals surface area (Å²) in [6, 6.07) is 1.84. The number of hydrogen-bond acceptors (Lipinski definition) is 5. The third-order valence-corrected chi connectivity index (χ3v) is 20.8. The molecule has 0 amide bonds. The highest BCUT2D eigenvalue weighted by atomic mass is 15.2. The second-order valence-corrected chi connectivity index (χ2v) is 29.5.